The van der Waals surface area contributed by atoms with Crippen LogP contribution in [-0.4, -0.2) is 44.2 Å². The first kappa shape index (κ1) is 39.2. The number of ketones is 1. The van der Waals surface area contributed by atoms with Crippen molar-refractivity contribution in [3.05, 3.63) is 46.3 Å². The van der Waals surface area contributed by atoms with Crippen LogP contribution in [0.2, 0.25) is 5.02 Å². The fourth-order valence-corrected chi connectivity index (χ4v) is 13.2. The van der Waals surface area contributed by atoms with Crippen LogP contribution in [0.5, 0.6) is 0 Å². The second-order valence-corrected chi connectivity index (χ2v) is 20.3. The lowest BCUT2D eigenvalue weighted by Gasteiger charge is -2.72. The van der Waals surface area contributed by atoms with Crippen LogP contribution < -0.4 is 0 Å². The Balaban J connectivity index is 1.19. The van der Waals surface area contributed by atoms with Gasteiger partial charge in [-0.3, -0.25) is 14.4 Å². The highest BCUT2D eigenvalue weighted by molar-refractivity contribution is 6.30. The second kappa shape index (κ2) is 13.0. The quantitative estimate of drug-likeness (QED) is 0.252. The lowest BCUT2D eigenvalue weighted by atomic mass is 9.33. The molecule has 10 heteroatoms. The maximum atomic E-state index is 14.1. The summed E-state index contributed by atoms with van der Waals surface area (Å²) < 4.78 is 12.3. The van der Waals surface area contributed by atoms with Crippen LogP contribution in [0, 0.1) is 56.2 Å². The van der Waals surface area contributed by atoms with Crippen molar-refractivity contribution in [2.24, 2.45) is 56.2 Å². The zero-order chi connectivity index (χ0) is 39.4. The molecular formula is C44H59ClN2O7. The molecule has 4 fully saturated rings. The van der Waals surface area contributed by atoms with Gasteiger partial charge in [-0.1, -0.05) is 60.1 Å². The van der Waals surface area contributed by atoms with Crippen molar-refractivity contribution in [1.29, 1.82) is 0 Å². The summed E-state index contributed by atoms with van der Waals surface area (Å²) in [5, 5.41) is 31.3. The van der Waals surface area contributed by atoms with Crippen molar-refractivity contribution >= 4 is 29.3 Å². The molecule has 5 aliphatic carbocycles. The summed E-state index contributed by atoms with van der Waals surface area (Å²) in [6.07, 6.45) is 5.95. The average molecular weight is 763 g/mol. The fourth-order valence-electron chi connectivity index (χ4n) is 13.1. The van der Waals surface area contributed by atoms with Gasteiger partial charge in [0.25, 0.3) is 0 Å². The number of carboxylic acid groups (broad SMARTS) is 1. The monoisotopic (exact) mass is 762 g/mol. The third kappa shape index (κ3) is 5.67. The first-order chi connectivity index (χ1) is 25.1. The lowest BCUT2D eigenvalue weighted by Crippen LogP contribution is -2.66. The number of aromatic nitrogens is 2. The standard InChI is InChI=1S/C44H59ClN2O7/c1-24(2)33-28(48)22-44(35(50)37-47-46-36(54-37)25-10-12-26(45)13-11-25)21-20-42(8)27(34(33)44)14-15-30-41(7)18-17-31(53-32(49)23-39(3,4)38(51)52)40(5,6)29(41)16-19-43(30,42)9/h10-13,24,27,29-31,35,50H,14-23H2,1-9H3,(H,51,52)/t27-,29?,30?,31+,35+,41+,42-,43-,44-/m1/s1. The number of esters is 1. The third-order valence-corrected chi connectivity index (χ3v) is 16.4. The van der Waals surface area contributed by atoms with E-state index in [-0.39, 0.29) is 64.1 Å². The van der Waals surface area contributed by atoms with E-state index >= 15 is 0 Å². The molecule has 294 valence electrons. The van der Waals surface area contributed by atoms with Crippen molar-refractivity contribution in [2.75, 3.05) is 0 Å². The van der Waals surface area contributed by atoms with Gasteiger partial charge in [-0.25, -0.2) is 0 Å². The van der Waals surface area contributed by atoms with E-state index in [1.54, 1.807) is 26.0 Å². The minimum absolute atomic E-state index is 0.0175. The Kier molecular flexibility index (Phi) is 9.44. The number of hydrogen-bond donors (Lipinski definition) is 2. The number of nitrogens with zero attached hydrogens (tertiary/aromatic N) is 2. The number of Topliss-reactive ketones (excluding diaryl/α,β-unsaturated/α-hetero) is 1. The van der Waals surface area contributed by atoms with E-state index < -0.39 is 28.9 Å². The van der Waals surface area contributed by atoms with Gasteiger partial charge in [0, 0.05) is 27.8 Å². The highest BCUT2D eigenvalue weighted by Gasteiger charge is 2.71. The summed E-state index contributed by atoms with van der Waals surface area (Å²) in [6, 6.07) is 7.16. The van der Waals surface area contributed by atoms with E-state index in [1.165, 1.54) is 0 Å². The van der Waals surface area contributed by atoms with Gasteiger partial charge in [-0.05, 0) is 141 Å². The van der Waals surface area contributed by atoms with Crippen LogP contribution in [0.15, 0.2) is 39.8 Å². The van der Waals surface area contributed by atoms with Gasteiger partial charge in [0.05, 0.1) is 11.8 Å². The summed E-state index contributed by atoms with van der Waals surface area (Å²) >= 11 is 6.12. The fraction of sp³-hybridized carbons (Fsp3) is 0.705. The number of hydrogen-bond acceptors (Lipinski definition) is 8. The summed E-state index contributed by atoms with van der Waals surface area (Å²) in [7, 11) is 0. The number of aliphatic hydroxyl groups is 1. The molecule has 7 rings (SSSR count). The molecule has 0 saturated heterocycles. The molecule has 2 N–H and O–H groups in total. The molecule has 5 aliphatic rings. The molecule has 2 aromatic rings. The van der Waals surface area contributed by atoms with E-state index in [0.717, 1.165) is 56.1 Å². The molecule has 1 aromatic heterocycles. The summed E-state index contributed by atoms with van der Waals surface area (Å²) in [5.74, 6) is 0.0702. The first-order valence-corrected chi connectivity index (χ1v) is 20.5. The van der Waals surface area contributed by atoms with Gasteiger partial charge in [-0.2, -0.15) is 0 Å². The van der Waals surface area contributed by atoms with Crippen LogP contribution in [-0.2, 0) is 19.1 Å². The Morgan fingerprint density at radius 2 is 1.63 bits per heavy atom. The number of aliphatic carboxylic acids is 1. The van der Waals surface area contributed by atoms with E-state index in [4.69, 9.17) is 20.8 Å². The molecule has 2 unspecified atom stereocenters. The van der Waals surface area contributed by atoms with Gasteiger partial charge in [0.2, 0.25) is 11.8 Å². The van der Waals surface area contributed by atoms with Crippen LogP contribution in [0.4, 0.5) is 0 Å². The van der Waals surface area contributed by atoms with Crippen LogP contribution in [0.3, 0.4) is 0 Å². The van der Waals surface area contributed by atoms with Gasteiger partial charge < -0.3 is 19.4 Å². The minimum atomic E-state index is -1.18. The predicted molar refractivity (Wildman–Crippen MR) is 205 cm³/mol. The number of rotatable bonds is 8. The van der Waals surface area contributed by atoms with Gasteiger partial charge in [0.15, 0.2) is 5.78 Å². The molecular weight excluding hydrogens is 704 g/mol. The zero-order valence-electron chi connectivity index (χ0n) is 33.6. The highest BCUT2D eigenvalue weighted by Crippen LogP contribution is 2.77. The maximum absolute atomic E-state index is 14.1. The van der Waals surface area contributed by atoms with Crippen molar-refractivity contribution < 1.29 is 33.8 Å². The predicted octanol–water partition coefficient (Wildman–Crippen LogP) is 9.82. The number of benzene rings is 1. The Bertz CT molecular complexity index is 1880. The SMILES string of the molecule is CC(C)C1=C2[C@H]3CCC4[C@@]5(C)CC[C@H](OC(=O)CC(C)(C)C(=O)O)C(C)(C)C5CC[C@@]4(C)[C@]3(C)CC[C@@]2([C@@H](O)c2nnc(-c3ccc(Cl)cc3)o2)CC1=O. The Morgan fingerprint density at radius 3 is 2.28 bits per heavy atom. The molecule has 0 amide bonds. The van der Waals surface area contributed by atoms with E-state index in [1.807, 2.05) is 12.1 Å². The van der Waals surface area contributed by atoms with Crippen molar-refractivity contribution in [3.63, 3.8) is 0 Å². The normalized spacial score (nSPS) is 36.6. The van der Waals surface area contributed by atoms with E-state index in [9.17, 15) is 24.6 Å². The van der Waals surface area contributed by atoms with Crippen molar-refractivity contribution in [2.45, 2.75) is 139 Å². The van der Waals surface area contributed by atoms with Crippen LogP contribution in [0.25, 0.3) is 11.5 Å². The number of fused-ring (bicyclic) bond motifs is 7. The smallest absolute Gasteiger partial charge is 0.309 e. The van der Waals surface area contributed by atoms with Crippen molar-refractivity contribution in [1.82, 2.24) is 10.2 Å². The number of carbonyl (C=O) groups excluding carboxylic acids is 2. The third-order valence-electron chi connectivity index (χ3n) is 16.2. The zero-order valence-corrected chi connectivity index (χ0v) is 34.3. The number of carbonyl (C=O) groups is 3. The first-order valence-electron chi connectivity index (χ1n) is 20.1. The average Bonchev–Trinajstić information content (AvgIpc) is 3.69. The molecule has 9 atom stereocenters. The summed E-state index contributed by atoms with van der Waals surface area (Å²) in [6.45, 7) is 19.3. The number of carboxylic acids is 1. The summed E-state index contributed by atoms with van der Waals surface area (Å²) in [5.41, 5.74) is 0.385. The largest absolute Gasteiger partial charge is 0.481 e. The molecule has 0 bridgehead atoms. The van der Waals surface area contributed by atoms with Gasteiger partial charge in [-0.15, -0.1) is 10.2 Å². The van der Waals surface area contributed by atoms with E-state index in [0.29, 0.717) is 34.7 Å². The molecule has 0 aliphatic heterocycles. The number of allylic oxidation sites excluding steroid dienone is 1. The Morgan fingerprint density at radius 1 is 0.944 bits per heavy atom. The van der Waals surface area contributed by atoms with Gasteiger partial charge in [0.1, 0.15) is 12.2 Å². The van der Waals surface area contributed by atoms with E-state index in [2.05, 4.69) is 58.7 Å². The molecule has 9 nitrogen and oxygen atoms in total. The van der Waals surface area contributed by atoms with Crippen molar-refractivity contribution in [3.8, 4) is 11.5 Å². The Labute approximate surface area is 325 Å². The molecule has 4 saturated carbocycles. The molecule has 0 radical (unpaired) electrons. The van der Waals surface area contributed by atoms with Crippen LogP contribution in [0.1, 0.15) is 139 Å². The summed E-state index contributed by atoms with van der Waals surface area (Å²) in [4.78, 5) is 39.0. The topological polar surface area (TPSA) is 140 Å². The number of halogens is 1. The Hall–Kier alpha value is -3.04. The molecule has 1 aromatic carbocycles. The number of aliphatic hydroxyl groups excluding tert-OH is 1. The highest BCUT2D eigenvalue weighted by atomic mass is 35.5. The molecule has 1 heterocycles. The molecule has 0 spiro atoms. The number of ether oxygens (including phenoxy) is 1. The maximum Gasteiger partial charge on any atom is 0.309 e. The minimum Gasteiger partial charge on any atom is -0.481 e. The van der Waals surface area contributed by atoms with Crippen LogP contribution >= 0.6 is 11.6 Å². The van der Waals surface area contributed by atoms with Gasteiger partial charge >= 0.3 is 11.9 Å². The second-order valence-electron chi connectivity index (χ2n) is 19.9. The lowest BCUT2D eigenvalue weighted by molar-refractivity contribution is -0.235. The molecule has 54 heavy (non-hydrogen) atoms.